The highest BCUT2D eigenvalue weighted by molar-refractivity contribution is 5.93. The van der Waals surface area contributed by atoms with E-state index < -0.39 is 0 Å². The maximum absolute atomic E-state index is 12.3. The number of carbonyl (C=O) groups is 1. The van der Waals surface area contributed by atoms with Crippen LogP contribution in [0.4, 0.5) is 11.4 Å². The molecule has 3 aromatic rings. The third-order valence-electron chi connectivity index (χ3n) is 4.73. The van der Waals surface area contributed by atoms with Gasteiger partial charge in [0.1, 0.15) is 5.69 Å². The fourth-order valence-electron chi connectivity index (χ4n) is 3.21. The molecule has 7 nitrogen and oxygen atoms in total. The van der Waals surface area contributed by atoms with Crippen LogP contribution in [0.25, 0.3) is 10.9 Å². The summed E-state index contributed by atoms with van der Waals surface area (Å²) in [6, 6.07) is 13.5. The van der Waals surface area contributed by atoms with E-state index in [4.69, 9.17) is 4.74 Å². The first-order valence-electron chi connectivity index (χ1n) is 9.45. The standard InChI is InChI=1S/C21H23N5O2/c27-21(23-9-10-26-11-13-28-14-12-26)19-7-6-17(15-24-19)25-18-5-1-3-16-4-2-8-22-20(16)18/h1-8,15,25H,9-14H2,(H,23,27). The van der Waals surface area contributed by atoms with E-state index in [1.807, 2.05) is 36.4 Å². The van der Waals surface area contributed by atoms with Crippen molar-refractivity contribution in [3.63, 3.8) is 0 Å². The van der Waals surface area contributed by atoms with Crippen molar-refractivity contribution < 1.29 is 9.53 Å². The molecule has 4 rings (SSSR count). The number of hydrogen-bond acceptors (Lipinski definition) is 6. The average molecular weight is 377 g/mol. The van der Waals surface area contributed by atoms with Crippen LogP contribution in [-0.2, 0) is 4.74 Å². The van der Waals surface area contributed by atoms with Crippen LogP contribution in [0.2, 0.25) is 0 Å². The van der Waals surface area contributed by atoms with Gasteiger partial charge in [-0.05, 0) is 24.3 Å². The SMILES string of the molecule is O=C(NCCN1CCOCC1)c1ccc(Nc2cccc3cccnc23)cn1. The summed E-state index contributed by atoms with van der Waals surface area (Å²) in [6.07, 6.45) is 3.44. The molecule has 1 aliphatic rings. The van der Waals surface area contributed by atoms with Gasteiger partial charge in [-0.1, -0.05) is 18.2 Å². The summed E-state index contributed by atoms with van der Waals surface area (Å²) >= 11 is 0. The van der Waals surface area contributed by atoms with Crippen LogP contribution in [-0.4, -0.2) is 60.2 Å². The maximum Gasteiger partial charge on any atom is 0.269 e. The van der Waals surface area contributed by atoms with Crippen LogP contribution < -0.4 is 10.6 Å². The molecule has 2 aromatic heterocycles. The second-order valence-corrected chi connectivity index (χ2v) is 6.65. The number of nitrogens with zero attached hydrogens (tertiary/aromatic N) is 3. The van der Waals surface area contributed by atoms with Crippen molar-refractivity contribution >= 4 is 28.2 Å². The summed E-state index contributed by atoms with van der Waals surface area (Å²) in [4.78, 5) is 23.3. The fourth-order valence-corrected chi connectivity index (χ4v) is 3.21. The molecule has 0 radical (unpaired) electrons. The molecule has 0 atom stereocenters. The Morgan fingerprint density at radius 2 is 1.93 bits per heavy atom. The van der Waals surface area contributed by atoms with Crippen LogP contribution in [0.1, 0.15) is 10.5 Å². The lowest BCUT2D eigenvalue weighted by Crippen LogP contribution is -2.41. The highest BCUT2D eigenvalue weighted by atomic mass is 16.5. The minimum absolute atomic E-state index is 0.161. The molecule has 0 spiro atoms. The molecular weight excluding hydrogens is 354 g/mol. The van der Waals surface area contributed by atoms with Gasteiger partial charge in [-0.3, -0.25) is 14.7 Å². The highest BCUT2D eigenvalue weighted by Gasteiger charge is 2.11. The normalized spacial score (nSPS) is 14.7. The number of benzene rings is 1. The molecule has 0 aliphatic carbocycles. The summed E-state index contributed by atoms with van der Waals surface area (Å²) in [5, 5.41) is 7.32. The number of aromatic nitrogens is 2. The van der Waals surface area contributed by atoms with Crippen molar-refractivity contribution in [3.05, 3.63) is 60.6 Å². The third kappa shape index (κ3) is 4.44. The van der Waals surface area contributed by atoms with E-state index in [0.717, 1.165) is 55.1 Å². The molecule has 1 aromatic carbocycles. The Hall–Kier alpha value is -3.03. The summed E-state index contributed by atoms with van der Waals surface area (Å²) < 4.78 is 5.33. The van der Waals surface area contributed by atoms with E-state index in [2.05, 4.69) is 25.5 Å². The van der Waals surface area contributed by atoms with E-state index in [0.29, 0.717) is 12.2 Å². The van der Waals surface area contributed by atoms with Crippen LogP contribution in [0.3, 0.4) is 0 Å². The van der Waals surface area contributed by atoms with Gasteiger partial charge in [0.15, 0.2) is 0 Å². The second-order valence-electron chi connectivity index (χ2n) is 6.65. The second kappa shape index (κ2) is 8.77. The van der Waals surface area contributed by atoms with Crippen molar-refractivity contribution in [2.24, 2.45) is 0 Å². The summed E-state index contributed by atoms with van der Waals surface area (Å²) in [6.45, 7) is 4.77. The van der Waals surface area contributed by atoms with Crippen LogP contribution in [0.5, 0.6) is 0 Å². The summed E-state index contributed by atoms with van der Waals surface area (Å²) in [7, 11) is 0. The molecule has 1 aliphatic heterocycles. The number of fused-ring (bicyclic) bond motifs is 1. The van der Waals surface area contributed by atoms with Gasteiger partial charge in [-0.25, -0.2) is 4.98 Å². The van der Waals surface area contributed by atoms with Gasteiger partial charge in [0, 0.05) is 37.8 Å². The minimum atomic E-state index is -0.161. The molecule has 1 fully saturated rings. The smallest absolute Gasteiger partial charge is 0.269 e. The molecular formula is C21H23N5O2. The number of para-hydroxylation sites is 1. The van der Waals surface area contributed by atoms with Crippen molar-refractivity contribution in [2.45, 2.75) is 0 Å². The van der Waals surface area contributed by atoms with Crippen molar-refractivity contribution in [1.29, 1.82) is 0 Å². The van der Waals surface area contributed by atoms with Crippen molar-refractivity contribution in [3.8, 4) is 0 Å². The van der Waals surface area contributed by atoms with Crippen molar-refractivity contribution in [1.82, 2.24) is 20.2 Å². The van der Waals surface area contributed by atoms with Crippen LogP contribution in [0.15, 0.2) is 54.9 Å². The number of morpholine rings is 1. The van der Waals surface area contributed by atoms with E-state index >= 15 is 0 Å². The Bertz CT molecular complexity index is 934. The number of pyridine rings is 2. The van der Waals surface area contributed by atoms with Gasteiger partial charge in [-0.15, -0.1) is 0 Å². The van der Waals surface area contributed by atoms with Gasteiger partial charge in [-0.2, -0.15) is 0 Å². The molecule has 0 unspecified atom stereocenters. The molecule has 7 heteroatoms. The molecule has 0 saturated carbocycles. The zero-order chi connectivity index (χ0) is 19.2. The number of carbonyl (C=O) groups excluding carboxylic acids is 1. The largest absolute Gasteiger partial charge is 0.379 e. The predicted molar refractivity (Wildman–Crippen MR) is 109 cm³/mol. The molecule has 144 valence electrons. The first-order valence-corrected chi connectivity index (χ1v) is 9.45. The molecule has 0 bridgehead atoms. The van der Waals surface area contributed by atoms with Crippen LogP contribution >= 0.6 is 0 Å². The Labute approximate surface area is 163 Å². The quantitative estimate of drug-likeness (QED) is 0.687. The van der Waals surface area contributed by atoms with E-state index in [9.17, 15) is 4.79 Å². The first-order chi connectivity index (χ1) is 13.8. The molecule has 28 heavy (non-hydrogen) atoms. The van der Waals surface area contributed by atoms with E-state index in [-0.39, 0.29) is 5.91 Å². The van der Waals surface area contributed by atoms with E-state index in [1.165, 1.54) is 0 Å². The number of amides is 1. The van der Waals surface area contributed by atoms with Gasteiger partial charge in [0.2, 0.25) is 0 Å². The highest BCUT2D eigenvalue weighted by Crippen LogP contribution is 2.24. The molecule has 1 amide bonds. The molecule has 2 N–H and O–H groups in total. The van der Waals surface area contributed by atoms with Gasteiger partial charge in [0.05, 0.1) is 36.3 Å². The van der Waals surface area contributed by atoms with E-state index in [1.54, 1.807) is 18.5 Å². The predicted octanol–water partition coefficient (Wildman–Crippen LogP) is 2.44. The number of ether oxygens (including phenoxy) is 1. The molecule has 1 saturated heterocycles. The maximum atomic E-state index is 12.3. The number of rotatable bonds is 6. The Kier molecular flexibility index (Phi) is 5.75. The van der Waals surface area contributed by atoms with Gasteiger partial charge < -0.3 is 15.4 Å². The Morgan fingerprint density at radius 3 is 2.75 bits per heavy atom. The Morgan fingerprint density at radius 1 is 1.07 bits per heavy atom. The zero-order valence-corrected chi connectivity index (χ0v) is 15.6. The Balaban J connectivity index is 1.34. The van der Waals surface area contributed by atoms with Gasteiger partial charge >= 0.3 is 0 Å². The first kappa shape index (κ1) is 18.3. The average Bonchev–Trinajstić information content (AvgIpc) is 2.75. The number of anilines is 2. The molecule has 3 heterocycles. The number of nitrogens with one attached hydrogen (secondary N) is 2. The number of hydrogen-bond donors (Lipinski definition) is 2. The lowest BCUT2D eigenvalue weighted by molar-refractivity contribution is 0.0383. The third-order valence-corrected chi connectivity index (χ3v) is 4.73. The summed E-state index contributed by atoms with van der Waals surface area (Å²) in [5.41, 5.74) is 3.02. The lowest BCUT2D eigenvalue weighted by Gasteiger charge is -2.26. The fraction of sp³-hybridized carbons (Fsp3) is 0.286. The van der Waals surface area contributed by atoms with Crippen molar-refractivity contribution in [2.75, 3.05) is 44.7 Å². The monoisotopic (exact) mass is 377 g/mol. The zero-order valence-electron chi connectivity index (χ0n) is 15.6. The van der Waals surface area contributed by atoms with Gasteiger partial charge in [0.25, 0.3) is 5.91 Å². The lowest BCUT2D eigenvalue weighted by atomic mass is 10.2. The minimum Gasteiger partial charge on any atom is -0.379 e. The topological polar surface area (TPSA) is 79.4 Å². The van der Waals surface area contributed by atoms with Crippen LogP contribution in [0, 0.1) is 0 Å². The summed E-state index contributed by atoms with van der Waals surface area (Å²) in [5.74, 6) is -0.161.